The van der Waals surface area contributed by atoms with Crippen molar-refractivity contribution < 1.29 is 22.1 Å². The first-order valence-corrected chi connectivity index (χ1v) is 12.3. The van der Waals surface area contributed by atoms with E-state index in [4.69, 9.17) is 13.7 Å². The van der Waals surface area contributed by atoms with Crippen LogP contribution in [0.5, 0.6) is 5.75 Å². The molecule has 4 rings (SSSR count). The van der Waals surface area contributed by atoms with Gasteiger partial charge in [0.15, 0.2) is 0 Å². The van der Waals surface area contributed by atoms with Crippen LogP contribution in [0.4, 0.5) is 0 Å². The van der Waals surface area contributed by atoms with Crippen molar-refractivity contribution in [3.05, 3.63) is 65.6 Å². The molecule has 1 aliphatic carbocycles. The van der Waals surface area contributed by atoms with Gasteiger partial charge >= 0.3 is 0 Å². The molecule has 6 nitrogen and oxygen atoms in total. The van der Waals surface area contributed by atoms with Gasteiger partial charge < -0.3 is 14.1 Å². The van der Waals surface area contributed by atoms with Crippen LogP contribution in [-0.2, 0) is 23.0 Å². The lowest BCUT2D eigenvalue weighted by molar-refractivity contribution is 0.299. The quantitative estimate of drug-likeness (QED) is 0.561. The first-order chi connectivity index (χ1) is 14.7. The monoisotopic (exact) mass is 445 g/mol. The molecule has 1 aliphatic rings. The summed E-state index contributed by atoms with van der Waals surface area (Å²) in [4.78, 5) is 2.47. The maximum Gasteiger partial charge on any atom is 0.261 e. The van der Waals surface area contributed by atoms with Gasteiger partial charge in [-0.05, 0) is 67.5 Å². The maximum absolute atomic E-state index is 9.19. The zero-order valence-electron chi connectivity index (χ0n) is 18.4. The Morgan fingerprint density at radius 2 is 1.94 bits per heavy atom. The second kappa shape index (κ2) is 10.3. The number of rotatable bonds is 6. The molecule has 0 bridgehead atoms. The van der Waals surface area contributed by atoms with Crippen LogP contribution in [0.15, 0.2) is 53.3 Å². The van der Waals surface area contributed by atoms with Crippen molar-refractivity contribution >= 4 is 20.9 Å². The predicted octanol–water partition coefficient (Wildman–Crippen LogP) is 4.54. The van der Waals surface area contributed by atoms with Crippen LogP contribution >= 0.6 is 0 Å². The van der Waals surface area contributed by atoms with E-state index in [0.717, 1.165) is 31.7 Å². The van der Waals surface area contributed by atoms with Crippen molar-refractivity contribution in [2.45, 2.75) is 31.6 Å². The van der Waals surface area contributed by atoms with E-state index in [0.29, 0.717) is 12.2 Å². The summed E-state index contributed by atoms with van der Waals surface area (Å²) in [6.45, 7) is 2.17. The molecule has 31 heavy (non-hydrogen) atoms. The third kappa shape index (κ3) is 6.82. The molecule has 7 heteroatoms. The van der Waals surface area contributed by atoms with Gasteiger partial charge in [-0.3, -0.25) is 4.55 Å². The van der Waals surface area contributed by atoms with Crippen LogP contribution in [0, 0.1) is 0 Å². The summed E-state index contributed by atoms with van der Waals surface area (Å²) in [6.07, 6.45) is 9.08. The standard InChI is InChI=1S/C23H27NO2.CH4O3S/c1-24(12-11-17-9-10-19-15-26-16-20(19)13-17)14-18-5-3-7-22-21(18)6-4-8-23(22)25-2;1-5(2,3)4/h4,6,8-10,13,15-16,18H,3,5,7,11-12,14H2,1-2H3;1H3,(H,2,3,4)/t18-;/m0./s1. The number of fused-ring (bicyclic) bond motifs is 2. The fourth-order valence-corrected chi connectivity index (χ4v) is 4.25. The van der Waals surface area contributed by atoms with Gasteiger partial charge in [0, 0.05) is 23.9 Å². The summed E-state index contributed by atoms with van der Waals surface area (Å²) in [5.74, 6) is 1.67. The molecule has 3 aromatic rings. The number of nitrogens with zero attached hydrogens (tertiary/aromatic N) is 1. The molecule has 0 saturated heterocycles. The molecule has 1 N–H and O–H groups in total. The van der Waals surface area contributed by atoms with Gasteiger partial charge in [-0.25, -0.2) is 0 Å². The van der Waals surface area contributed by atoms with Crippen molar-refractivity contribution in [3.63, 3.8) is 0 Å². The Morgan fingerprint density at radius 1 is 1.19 bits per heavy atom. The molecule has 2 aromatic carbocycles. The van der Waals surface area contributed by atoms with Crippen molar-refractivity contribution in [2.24, 2.45) is 0 Å². The lowest BCUT2D eigenvalue weighted by Crippen LogP contribution is -2.28. The number of benzene rings is 2. The molecule has 168 valence electrons. The van der Waals surface area contributed by atoms with Gasteiger partial charge in [-0.2, -0.15) is 8.42 Å². The third-order valence-electron chi connectivity index (χ3n) is 5.66. The fraction of sp³-hybridized carbons (Fsp3) is 0.417. The van der Waals surface area contributed by atoms with Gasteiger partial charge in [0.1, 0.15) is 5.75 Å². The van der Waals surface area contributed by atoms with Crippen LogP contribution in [-0.4, -0.2) is 51.4 Å². The van der Waals surface area contributed by atoms with E-state index in [2.05, 4.69) is 48.3 Å². The van der Waals surface area contributed by atoms with E-state index in [1.807, 2.05) is 6.26 Å². The van der Waals surface area contributed by atoms with Crippen LogP contribution in [0.2, 0.25) is 0 Å². The van der Waals surface area contributed by atoms with Crippen molar-refractivity contribution in [1.29, 1.82) is 0 Å². The molecule has 1 heterocycles. The molecule has 0 amide bonds. The molecule has 0 radical (unpaired) electrons. The summed E-state index contributed by atoms with van der Waals surface area (Å²) >= 11 is 0. The Morgan fingerprint density at radius 3 is 2.68 bits per heavy atom. The highest BCUT2D eigenvalue weighted by Crippen LogP contribution is 2.36. The minimum absolute atomic E-state index is 0.607. The third-order valence-corrected chi connectivity index (χ3v) is 5.66. The number of hydrogen-bond donors (Lipinski definition) is 1. The highest BCUT2D eigenvalue weighted by Gasteiger charge is 2.23. The van der Waals surface area contributed by atoms with E-state index in [-0.39, 0.29) is 0 Å². The van der Waals surface area contributed by atoms with Gasteiger partial charge in [0.05, 0.1) is 25.9 Å². The minimum atomic E-state index is -3.67. The number of hydrogen-bond acceptors (Lipinski definition) is 5. The number of furan rings is 1. The largest absolute Gasteiger partial charge is 0.496 e. The van der Waals surface area contributed by atoms with Gasteiger partial charge in [-0.1, -0.05) is 24.3 Å². The Bertz CT molecular complexity index is 1100. The Balaban J connectivity index is 0.000000491. The molecular formula is C24H31NO5S. The summed E-state index contributed by atoms with van der Waals surface area (Å²) in [6, 6.07) is 13.1. The number of methoxy groups -OCH3 is 1. The second-order valence-electron chi connectivity index (χ2n) is 8.20. The van der Waals surface area contributed by atoms with Crippen LogP contribution in [0.3, 0.4) is 0 Å². The molecule has 0 aliphatic heterocycles. The zero-order chi connectivity index (χ0) is 22.4. The second-order valence-corrected chi connectivity index (χ2v) is 9.66. The molecule has 0 spiro atoms. The summed E-state index contributed by atoms with van der Waals surface area (Å²) in [7, 11) is 0.354. The van der Waals surface area contributed by atoms with E-state index >= 15 is 0 Å². The Hall–Kier alpha value is -2.35. The van der Waals surface area contributed by atoms with Crippen molar-refractivity contribution in [3.8, 4) is 5.75 Å². The van der Waals surface area contributed by atoms with Gasteiger partial charge in [-0.15, -0.1) is 0 Å². The molecule has 1 atom stereocenters. The van der Waals surface area contributed by atoms with Gasteiger partial charge in [0.2, 0.25) is 0 Å². The van der Waals surface area contributed by atoms with E-state index < -0.39 is 10.1 Å². The lowest BCUT2D eigenvalue weighted by Gasteiger charge is -2.30. The molecule has 0 fully saturated rings. The Kier molecular flexibility index (Phi) is 7.75. The van der Waals surface area contributed by atoms with Crippen molar-refractivity contribution in [1.82, 2.24) is 4.90 Å². The van der Waals surface area contributed by atoms with E-state index in [1.165, 1.54) is 40.3 Å². The van der Waals surface area contributed by atoms with E-state index in [1.54, 1.807) is 13.4 Å². The topological polar surface area (TPSA) is 80.0 Å². The molecule has 0 unspecified atom stereocenters. The summed E-state index contributed by atoms with van der Waals surface area (Å²) < 4.78 is 36.7. The SMILES string of the molecule is COc1cccc2c1CCC[C@H]2CN(C)CCc1ccc2cocc2c1.CS(=O)(=O)O. The lowest BCUT2D eigenvalue weighted by atomic mass is 9.82. The predicted molar refractivity (Wildman–Crippen MR) is 124 cm³/mol. The van der Waals surface area contributed by atoms with Gasteiger partial charge in [0.25, 0.3) is 10.1 Å². The molecule has 0 saturated carbocycles. The minimum Gasteiger partial charge on any atom is -0.496 e. The maximum atomic E-state index is 9.19. The van der Waals surface area contributed by atoms with E-state index in [9.17, 15) is 8.42 Å². The smallest absolute Gasteiger partial charge is 0.261 e. The summed E-state index contributed by atoms with van der Waals surface area (Å²) in [5, 5.41) is 2.37. The Labute approximate surface area is 184 Å². The highest BCUT2D eigenvalue weighted by molar-refractivity contribution is 7.85. The van der Waals surface area contributed by atoms with Crippen LogP contribution in [0.1, 0.15) is 35.4 Å². The number of ether oxygens (including phenoxy) is 1. The highest BCUT2D eigenvalue weighted by atomic mass is 32.2. The van der Waals surface area contributed by atoms with Crippen molar-refractivity contribution in [2.75, 3.05) is 33.5 Å². The zero-order valence-corrected chi connectivity index (χ0v) is 19.2. The first kappa shape index (κ1) is 23.3. The normalized spacial score (nSPS) is 16.0. The molecular weight excluding hydrogens is 414 g/mol. The first-order valence-electron chi connectivity index (χ1n) is 10.5. The number of likely N-dealkylation sites (N-methyl/N-ethyl adjacent to an activating group) is 1. The van der Waals surface area contributed by atoms with Crippen LogP contribution < -0.4 is 4.74 Å². The average Bonchev–Trinajstić information content (AvgIpc) is 3.19. The summed E-state index contributed by atoms with van der Waals surface area (Å²) in [5.41, 5.74) is 4.28. The van der Waals surface area contributed by atoms with Crippen LogP contribution in [0.25, 0.3) is 10.8 Å². The molecule has 1 aromatic heterocycles. The average molecular weight is 446 g/mol. The fourth-order valence-electron chi connectivity index (χ4n) is 4.25.